The molecule has 0 aromatic heterocycles. The Kier molecular flexibility index (Phi) is 5.09. The van der Waals surface area contributed by atoms with Gasteiger partial charge in [0.2, 0.25) is 0 Å². The van der Waals surface area contributed by atoms with Gasteiger partial charge in [0.1, 0.15) is 17.7 Å². The Labute approximate surface area is 179 Å². The first-order chi connectivity index (χ1) is 14.4. The first-order valence-corrected chi connectivity index (χ1v) is 12.0. The van der Waals surface area contributed by atoms with Crippen molar-refractivity contribution >= 4 is 17.3 Å². The normalized spacial score (nSPS) is 49.6. The molecule has 1 aliphatic heterocycles. The van der Waals surface area contributed by atoms with Crippen molar-refractivity contribution in [2.24, 2.45) is 45.6 Å². The summed E-state index contributed by atoms with van der Waals surface area (Å²) in [5.41, 5.74) is 0.739. The third-order valence-electron chi connectivity index (χ3n) is 9.80. The molecule has 1 unspecified atom stereocenters. The predicted molar refractivity (Wildman–Crippen MR) is 113 cm³/mol. The zero-order chi connectivity index (χ0) is 21.1. The zero-order valence-corrected chi connectivity index (χ0v) is 18.4. The maximum absolute atomic E-state index is 13.7. The van der Waals surface area contributed by atoms with Gasteiger partial charge >= 0.3 is 0 Å². The second-order valence-corrected chi connectivity index (χ2v) is 11.0. The van der Waals surface area contributed by atoms with Gasteiger partial charge in [0.05, 0.1) is 12.3 Å². The third kappa shape index (κ3) is 2.93. The van der Waals surface area contributed by atoms with Gasteiger partial charge < -0.3 is 15.3 Å². The summed E-state index contributed by atoms with van der Waals surface area (Å²) in [7, 11) is 0. The van der Waals surface area contributed by atoms with E-state index in [0.717, 1.165) is 63.7 Å². The van der Waals surface area contributed by atoms with Crippen LogP contribution in [0.1, 0.15) is 65.2 Å². The molecule has 30 heavy (non-hydrogen) atoms. The Morgan fingerprint density at radius 2 is 1.93 bits per heavy atom. The highest BCUT2D eigenvalue weighted by molar-refractivity contribution is 5.93. The Bertz CT molecular complexity index is 760. The fraction of sp³-hybridized carbons (Fsp3) is 0.875. The number of fused-ring (bicyclic) bond motifs is 5. The van der Waals surface area contributed by atoms with Gasteiger partial charge in [-0.2, -0.15) is 0 Å². The number of Topliss-reactive ketones (excluding diaryl/α,β-unsaturated/α-hetero) is 2. The van der Waals surface area contributed by atoms with E-state index in [1.54, 1.807) is 0 Å². The monoisotopic (exact) mass is 416 g/mol. The van der Waals surface area contributed by atoms with Crippen molar-refractivity contribution in [3.63, 3.8) is 0 Å². The molecule has 6 heteroatoms. The third-order valence-corrected chi connectivity index (χ3v) is 9.80. The number of nitrogens with one attached hydrogen (secondary N) is 1. The summed E-state index contributed by atoms with van der Waals surface area (Å²) in [5, 5.41) is 18.1. The van der Waals surface area contributed by atoms with Crippen LogP contribution in [0.15, 0.2) is 5.16 Å². The minimum Gasteiger partial charge on any atom is -0.396 e. The van der Waals surface area contributed by atoms with Gasteiger partial charge in [-0.3, -0.25) is 9.59 Å². The maximum atomic E-state index is 13.7. The zero-order valence-electron chi connectivity index (χ0n) is 18.4. The van der Waals surface area contributed by atoms with Gasteiger partial charge in [-0.1, -0.05) is 19.0 Å². The average molecular weight is 417 g/mol. The van der Waals surface area contributed by atoms with E-state index >= 15 is 0 Å². The van der Waals surface area contributed by atoms with Crippen molar-refractivity contribution < 1.29 is 19.5 Å². The van der Waals surface area contributed by atoms with Crippen LogP contribution in [-0.2, 0) is 14.4 Å². The molecule has 0 radical (unpaired) electrons. The van der Waals surface area contributed by atoms with Crippen LogP contribution in [-0.4, -0.2) is 48.2 Å². The number of hydrogen-bond acceptors (Lipinski definition) is 6. The molecule has 5 aliphatic rings. The summed E-state index contributed by atoms with van der Waals surface area (Å²) in [6, 6.07) is 0. The van der Waals surface area contributed by atoms with E-state index in [9.17, 15) is 14.7 Å². The van der Waals surface area contributed by atoms with E-state index in [1.807, 2.05) is 0 Å². The summed E-state index contributed by atoms with van der Waals surface area (Å²) in [5.74, 6) is 0.775. The highest BCUT2D eigenvalue weighted by Gasteiger charge is 2.65. The second-order valence-electron chi connectivity index (χ2n) is 11.0. The fourth-order valence-corrected chi connectivity index (χ4v) is 7.91. The molecule has 2 N–H and O–H groups in total. The fourth-order valence-electron chi connectivity index (χ4n) is 7.91. The molecule has 4 aliphatic carbocycles. The lowest BCUT2D eigenvalue weighted by Gasteiger charge is -2.60. The number of nitrogens with zero attached hydrogens (tertiary/aromatic N) is 1. The Hall–Kier alpha value is -1.27. The van der Waals surface area contributed by atoms with Gasteiger partial charge in [-0.05, 0) is 68.2 Å². The highest BCUT2D eigenvalue weighted by Crippen LogP contribution is 2.65. The lowest BCUT2D eigenvalue weighted by molar-refractivity contribution is -0.166. The number of aliphatic hydroxyl groups is 1. The number of oxime groups is 1. The predicted octanol–water partition coefficient (Wildman–Crippen LogP) is 2.73. The Balaban J connectivity index is 1.42. The van der Waals surface area contributed by atoms with Gasteiger partial charge in [0, 0.05) is 36.6 Å². The highest BCUT2D eigenvalue weighted by atomic mass is 16.6. The van der Waals surface area contributed by atoms with E-state index in [-0.39, 0.29) is 53.0 Å². The number of aliphatic hydroxyl groups excluding tert-OH is 1. The SMILES string of the molecule is C[C@]12CCC(=NO[C@H]3CCNC3)CC1[C@@H](CO)C(=O)[C@@H]1[C@@H]2CC[C@]2(C)C(=O)CC[C@@H]12. The molecule has 1 saturated heterocycles. The van der Waals surface area contributed by atoms with Crippen molar-refractivity contribution in [1.82, 2.24) is 5.32 Å². The first-order valence-electron chi connectivity index (χ1n) is 12.0. The molecule has 5 fully saturated rings. The van der Waals surface area contributed by atoms with Crippen molar-refractivity contribution in [2.75, 3.05) is 19.7 Å². The van der Waals surface area contributed by atoms with Crippen LogP contribution < -0.4 is 5.32 Å². The van der Waals surface area contributed by atoms with E-state index < -0.39 is 0 Å². The van der Waals surface area contributed by atoms with E-state index in [4.69, 9.17) is 4.84 Å². The minimum atomic E-state index is -0.340. The number of rotatable bonds is 3. The number of ketones is 2. The lowest BCUT2D eigenvalue weighted by atomic mass is 9.43. The average Bonchev–Trinajstić information content (AvgIpc) is 3.36. The van der Waals surface area contributed by atoms with Gasteiger partial charge in [0.25, 0.3) is 0 Å². The van der Waals surface area contributed by atoms with E-state index in [1.165, 1.54) is 0 Å². The van der Waals surface area contributed by atoms with Crippen LogP contribution in [0.4, 0.5) is 0 Å². The summed E-state index contributed by atoms with van der Waals surface area (Å²) in [6.45, 7) is 6.17. The molecule has 6 nitrogen and oxygen atoms in total. The van der Waals surface area contributed by atoms with E-state index in [0.29, 0.717) is 18.1 Å². The molecular formula is C24H36N2O4. The molecular weight excluding hydrogens is 380 g/mol. The minimum absolute atomic E-state index is 0.0207. The molecule has 4 saturated carbocycles. The van der Waals surface area contributed by atoms with Crippen molar-refractivity contribution in [1.29, 1.82) is 0 Å². The van der Waals surface area contributed by atoms with Crippen LogP contribution in [0.2, 0.25) is 0 Å². The molecule has 0 bridgehead atoms. The largest absolute Gasteiger partial charge is 0.396 e. The molecule has 5 rings (SSSR count). The molecule has 166 valence electrons. The molecule has 0 aromatic rings. The standard InChI is InChI=1S/C24H36N2O4/c1-23-8-5-14(26-30-15-7-10-25-12-15)11-19(23)16(13-27)22(29)21-17-3-4-20(28)24(17,2)9-6-18(21)23/h15-19,21,25,27H,3-13H2,1-2H3/t15-,16+,17-,18-,19?,21-,23+,24-/m0/s1. The molecule has 8 atom stereocenters. The van der Waals surface area contributed by atoms with Gasteiger partial charge in [-0.15, -0.1) is 0 Å². The van der Waals surface area contributed by atoms with E-state index in [2.05, 4.69) is 24.3 Å². The van der Waals surface area contributed by atoms with Gasteiger partial charge in [-0.25, -0.2) is 0 Å². The van der Waals surface area contributed by atoms with Crippen LogP contribution in [0.25, 0.3) is 0 Å². The summed E-state index contributed by atoms with van der Waals surface area (Å²) >= 11 is 0. The number of hydrogen-bond donors (Lipinski definition) is 2. The Morgan fingerprint density at radius 3 is 2.67 bits per heavy atom. The molecule has 0 spiro atoms. The maximum Gasteiger partial charge on any atom is 0.142 e. The van der Waals surface area contributed by atoms with Crippen LogP contribution in [0.3, 0.4) is 0 Å². The summed E-state index contributed by atoms with van der Waals surface area (Å²) < 4.78 is 0. The number of carbonyl (C=O) groups is 2. The molecule has 0 aromatic carbocycles. The van der Waals surface area contributed by atoms with Crippen LogP contribution >= 0.6 is 0 Å². The topological polar surface area (TPSA) is 88.0 Å². The lowest BCUT2D eigenvalue weighted by Crippen LogP contribution is -2.61. The number of carbonyl (C=O) groups excluding carboxylic acids is 2. The van der Waals surface area contributed by atoms with Crippen molar-refractivity contribution in [2.45, 2.75) is 71.3 Å². The Morgan fingerprint density at radius 1 is 1.10 bits per heavy atom. The van der Waals surface area contributed by atoms with Crippen LogP contribution in [0, 0.1) is 40.4 Å². The quantitative estimate of drug-likeness (QED) is 0.691. The van der Waals surface area contributed by atoms with Crippen molar-refractivity contribution in [3.8, 4) is 0 Å². The summed E-state index contributed by atoms with van der Waals surface area (Å²) in [4.78, 5) is 32.1. The molecule has 1 heterocycles. The second kappa shape index (κ2) is 7.40. The first kappa shape index (κ1) is 20.6. The van der Waals surface area contributed by atoms with Crippen LogP contribution in [0.5, 0.6) is 0 Å². The smallest absolute Gasteiger partial charge is 0.142 e. The molecule has 0 amide bonds. The van der Waals surface area contributed by atoms with Gasteiger partial charge in [0.15, 0.2) is 0 Å². The van der Waals surface area contributed by atoms with Crippen molar-refractivity contribution in [3.05, 3.63) is 0 Å². The summed E-state index contributed by atoms with van der Waals surface area (Å²) in [6.07, 6.45) is 7.10.